The van der Waals surface area contributed by atoms with Crippen LogP contribution in [0.25, 0.3) is 10.9 Å². The molecule has 0 radical (unpaired) electrons. The van der Waals surface area contributed by atoms with Crippen molar-refractivity contribution in [3.8, 4) is 5.75 Å². The number of pyridine rings is 1. The lowest BCUT2D eigenvalue weighted by Crippen LogP contribution is -2.04. The van der Waals surface area contributed by atoms with E-state index in [9.17, 15) is 0 Å². The van der Waals surface area contributed by atoms with Crippen molar-refractivity contribution >= 4 is 10.9 Å². The monoisotopic (exact) mass is 201 g/mol. The van der Waals surface area contributed by atoms with Gasteiger partial charge < -0.3 is 9.47 Å². The van der Waals surface area contributed by atoms with Crippen LogP contribution in [0.5, 0.6) is 5.75 Å². The Labute approximate surface area is 87.6 Å². The average molecular weight is 201 g/mol. The molecule has 3 rings (SSSR count). The first-order chi connectivity index (χ1) is 7.42. The largest absolute Gasteiger partial charge is 0.489 e. The summed E-state index contributed by atoms with van der Waals surface area (Å²) in [6.45, 7) is 1.45. The van der Waals surface area contributed by atoms with E-state index in [1.54, 1.807) is 6.20 Å². The Kier molecular flexibility index (Phi) is 2.03. The zero-order valence-electron chi connectivity index (χ0n) is 8.22. The number of para-hydroxylation sites is 1. The number of benzene rings is 1. The molecule has 1 fully saturated rings. The van der Waals surface area contributed by atoms with Crippen LogP contribution in [-0.2, 0) is 4.74 Å². The Hall–Kier alpha value is -1.61. The van der Waals surface area contributed by atoms with Crippen LogP contribution in [-0.4, -0.2) is 24.3 Å². The molecule has 0 aliphatic carbocycles. The first-order valence-electron chi connectivity index (χ1n) is 5.01. The molecule has 76 valence electrons. The van der Waals surface area contributed by atoms with E-state index in [-0.39, 0.29) is 6.10 Å². The van der Waals surface area contributed by atoms with Gasteiger partial charge in [0.25, 0.3) is 0 Å². The van der Waals surface area contributed by atoms with Crippen molar-refractivity contribution < 1.29 is 9.47 Å². The van der Waals surface area contributed by atoms with Gasteiger partial charge in [-0.1, -0.05) is 18.2 Å². The third kappa shape index (κ3) is 1.92. The summed E-state index contributed by atoms with van der Waals surface area (Å²) in [5.41, 5.74) is 0.993. The minimum atomic E-state index is 0.288. The number of rotatable bonds is 3. The molecule has 1 aromatic carbocycles. The predicted octanol–water partition coefficient (Wildman–Crippen LogP) is 2.01. The highest BCUT2D eigenvalue weighted by Crippen LogP contribution is 2.19. The summed E-state index contributed by atoms with van der Waals surface area (Å²) in [5.74, 6) is 0.809. The average Bonchev–Trinajstić information content (AvgIpc) is 3.10. The van der Waals surface area contributed by atoms with E-state index in [2.05, 4.69) is 4.98 Å². The Morgan fingerprint density at radius 3 is 3.13 bits per heavy atom. The zero-order chi connectivity index (χ0) is 10.1. The standard InChI is InChI=1S/C12H11NO2/c1-2-4-12-9(3-1)5-10(6-13-12)14-7-11-8-15-11/h1-6,11H,7-8H2. The molecule has 0 N–H and O–H groups in total. The van der Waals surface area contributed by atoms with Gasteiger partial charge >= 0.3 is 0 Å². The quantitative estimate of drug-likeness (QED) is 0.712. The minimum absolute atomic E-state index is 0.288. The zero-order valence-corrected chi connectivity index (χ0v) is 8.22. The molecule has 1 saturated heterocycles. The topological polar surface area (TPSA) is 34.6 Å². The molecule has 2 aromatic rings. The Morgan fingerprint density at radius 1 is 1.40 bits per heavy atom. The van der Waals surface area contributed by atoms with Gasteiger partial charge in [-0.2, -0.15) is 0 Å². The maximum Gasteiger partial charge on any atom is 0.138 e. The van der Waals surface area contributed by atoms with E-state index in [0.717, 1.165) is 23.3 Å². The summed E-state index contributed by atoms with van der Waals surface area (Å²) in [6, 6.07) is 10.0. The Bertz CT molecular complexity index is 480. The molecular weight excluding hydrogens is 190 g/mol. The molecular formula is C12H11NO2. The Balaban J connectivity index is 1.84. The first-order valence-corrected chi connectivity index (χ1v) is 5.01. The van der Waals surface area contributed by atoms with Gasteiger partial charge in [-0.15, -0.1) is 0 Å². The van der Waals surface area contributed by atoms with Crippen LogP contribution in [0.15, 0.2) is 36.5 Å². The lowest BCUT2D eigenvalue weighted by molar-refractivity contribution is 0.262. The lowest BCUT2D eigenvalue weighted by Gasteiger charge is -2.04. The third-order valence-corrected chi connectivity index (χ3v) is 2.40. The van der Waals surface area contributed by atoms with E-state index in [0.29, 0.717) is 6.61 Å². The van der Waals surface area contributed by atoms with Crippen molar-refractivity contribution in [1.29, 1.82) is 0 Å². The molecule has 3 heteroatoms. The number of aromatic nitrogens is 1. The number of ether oxygens (including phenoxy) is 2. The Morgan fingerprint density at radius 2 is 2.27 bits per heavy atom. The van der Waals surface area contributed by atoms with Crippen molar-refractivity contribution in [2.24, 2.45) is 0 Å². The van der Waals surface area contributed by atoms with Crippen LogP contribution >= 0.6 is 0 Å². The van der Waals surface area contributed by atoms with Gasteiger partial charge in [-0.3, -0.25) is 4.98 Å². The number of hydrogen-bond acceptors (Lipinski definition) is 3. The molecule has 1 aliphatic rings. The number of epoxide rings is 1. The van der Waals surface area contributed by atoms with Gasteiger partial charge in [0.2, 0.25) is 0 Å². The molecule has 15 heavy (non-hydrogen) atoms. The second-order valence-electron chi connectivity index (χ2n) is 3.63. The molecule has 0 spiro atoms. The van der Waals surface area contributed by atoms with Crippen molar-refractivity contribution in [2.45, 2.75) is 6.10 Å². The number of hydrogen-bond donors (Lipinski definition) is 0. The summed E-state index contributed by atoms with van der Waals surface area (Å²) < 4.78 is 10.6. The summed E-state index contributed by atoms with van der Waals surface area (Å²) in [4.78, 5) is 4.31. The van der Waals surface area contributed by atoms with Gasteiger partial charge in [-0.05, 0) is 12.1 Å². The fourth-order valence-electron chi connectivity index (χ4n) is 1.48. The molecule has 0 amide bonds. The molecule has 3 nitrogen and oxygen atoms in total. The van der Waals surface area contributed by atoms with Crippen LogP contribution in [0.3, 0.4) is 0 Å². The van der Waals surface area contributed by atoms with Crippen LogP contribution in [0.2, 0.25) is 0 Å². The number of nitrogens with zero attached hydrogens (tertiary/aromatic N) is 1. The normalized spacial score (nSPS) is 19.1. The van der Waals surface area contributed by atoms with E-state index in [4.69, 9.17) is 9.47 Å². The summed E-state index contributed by atoms with van der Waals surface area (Å²) in [7, 11) is 0. The molecule has 1 aromatic heterocycles. The maximum atomic E-state index is 5.55. The third-order valence-electron chi connectivity index (χ3n) is 2.40. The highest BCUT2D eigenvalue weighted by Gasteiger charge is 2.23. The maximum absolute atomic E-state index is 5.55. The predicted molar refractivity (Wildman–Crippen MR) is 57.0 cm³/mol. The molecule has 2 heterocycles. The van der Waals surface area contributed by atoms with Crippen LogP contribution in [0.1, 0.15) is 0 Å². The molecule has 0 saturated carbocycles. The molecule has 1 unspecified atom stereocenters. The van der Waals surface area contributed by atoms with E-state index in [1.165, 1.54) is 0 Å². The SMILES string of the molecule is c1ccc2ncc(OCC3CO3)cc2c1. The van der Waals surface area contributed by atoms with E-state index in [1.807, 2.05) is 30.3 Å². The second kappa shape index (κ2) is 3.51. The van der Waals surface area contributed by atoms with Gasteiger partial charge in [0.15, 0.2) is 0 Å². The van der Waals surface area contributed by atoms with E-state index < -0.39 is 0 Å². The first kappa shape index (κ1) is 8.68. The van der Waals surface area contributed by atoms with Crippen LogP contribution < -0.4 is 4.74 Å². The van der Waals surface area contributed by atoms with Gasteiger partial charge in [0, 0.05) is 5.39 Å². The fourth-order valence-corrected chi connectivity index (χ4v) is 1.48. The van der Waals surface area contributed by atoms with Gasteiger partial charge in [-0.25, -0.2) is 0 Å². The fraction of sp³-hybridized carbons (Fsp3) is 0.250. The highest BCUT2D eigenvalue weighted by molar-refractivity contribution is 5.79. The van der Waals surface area contributed by atoms with Crippen LogP contribution in [0.4, 0.5) is 0 Å². The van der Waals surface area contributed by atoms with Crippen molar-refractivity contribution in [3.63, 3.8) is 0 Å². The minimum Gasteiger partial charge on any atom is -0.489 e. The number of fused-ring (bicyclic) bond motifs is 1. The molecule has 0 bridgehead atoms. The van der Waals surface area contributed by atoms with Crippen molar-refractivity contribution in [3.05, 3.63) is 36.5 Å². The molecule has 1 aliphatic heterocycles. The summed E-state index contributed by atoms with van der Waals surface area (Å²) in [6.07, 6.45) is 2.04. The van der Waals surface area contributed by atoms with Crippen LogP contribution in [0, 0.1) is 0 Å². The molecule has 1 atom stereocenters. The highest BCUT2D eigenvalue weighted by atomic mass is 16.6. The van der Waals surface area contributed by atoms with Gasteiger partial charge in [0.1, 0.15) is 18.5 Å². The van der Waals surface area contributed by atoms with Crippen molar-refractivity contribution in [2.75, 3.05) is 13.2 Å². The lowest BCUT2D eigenvalue weighted by atomic mass is 10.2. The second-order valence-corrected chi connectivity index (χ2v) is 3.63. The van der Waals surface area contributed by atoms with E-state index >= 15 is 0 Å². The summed E-state index contributed by atoms with van der Waals surface area (Å²) in [5, 5.41) is 1.10. The summed E-state index contributed by atoms with van der Waals surface area (Å²) >= 11 is 0. The van der Waals surface area contributed by atoms with Crippen molar-refractivity contribution in [1.82, 2.24) is 4.98 Å². The smallest absolute Gasteiger partial charge is 0.138 e. The van der Waals surface area contributed by atoms with Gasteiger partial charge in [0.05, 0.1) is 18.3 Å².